The van der Waals surface area contributed by atoms with Gasteiger partial charge in [0.05, 0.1) is 5.75 Å². The second-order valence-corrected chi connectivity index (χ2v) is 6.26. The minimum absolute atomic E-state index is 0.0234. The fourth-order valence-corrected chi connectivity index (χ4v) is 2.98. The molecule has 1 aromatic heterocycles. The van der Waals surface area contributed by atoms with Gasteiger partial charge in [-0.25, -0.2) is 0 Å². The zero-order valence-corrected chi connectivity index (χ0v) is 14.1. The second-order valence-electron chi connectivity index (χ2n) is 5.32. The lowest BCUT2D eigenvalue weighted by molar-refractivity contribution is -0.119. The first-order valence-electron chi connectivity index (χ1n) is 7.48. The van der Waals surface area contributed by atoms with E-state index in [4.69, 9.17) is 0 Å². The maximum absolute atomic E-state index is 11.7. The molecule has 0 aliphatic rings. The molecule has 0 atom stereocenters. The number of carbonyl (C=O) groups is 1. The molecule has 2 rings (SSSR count). The largest absolute Gasteiger partial charge is 0.353 e. The molecule has 5 nitrogen and oxygen atoms in total. The lowest BCUT2D eigenvalue weighted by Crippen LogP contribution is -2.31. The van der Waals surface area contributed by atoms with E-state index in [1.54, 1.807) is 0 Å². The molecular formula is C16H22N4OS. The molecule has 22 heavy (non-hydrogen) atoms. The third-order valence-electron chi connectivity index (χ3n) is 3.10. The van der Waals surface area contributed by atoms with Crippen LogP contribution in [0.3, 0.4) is 0 Å². The van der Waals surface area contributed by atoms with Gasteiger partial charge in [0.25, 0.3) is 0 Å². The highest BCUT2D eigenvalue weighted by molar-refractivity contribution is 7.99. The summed E-state index contributed by atoms with van der Waals surface area (Å²) in [6, 6.07) is 10.4. The molecule has 0 radical (unpaired) electrons. The fourth-order valence-electron chi connectivity index (χ4n) is 2.15. The predicted molar refractivity (Wildman–Crippen MR) is 88.9 cm³/mol. The Balaban J connectivity index is 2.03. The van der Waals surface area contributed by atoms with E-state index in [9.17, 15) is 4.79 Å². The lowest BCUT2D eigenvalue weighted by atomic mass is 10.1. The third kappa shape index (κ3) is 4.59. The molecule has 0 unspecified atom stereocenters. The van der Waals surface area contributed by atoms with Crippen LogP contribution in [0.5, 0.6) is 0 Å². The number of thioether (sulfide) groups is 1. The average Bonchev–Trinajstić information content (AvgIpc) is 2.87. The number of hydrogen-bond acceptors (Lipinski definition) is 4. The molecule has 0 fully saturated rings. The molecular weight excluding hydrogens is 296 g/mol. The normalized spacial score (nSPS) is 10.9. The van der Waals surface area contributed by atoms with Crippen molar-refractivity contribution in [3.8, 4) is 0 Å². The molecule has 118 valence electrons. The van der Waals surface area contributed by atoms with E-state index < -0.39 is 0 Å². The van der Waals surface area contributed by atoms with Gasteiger partial charge in [-0.3, -0.25) is 4.79 Å². The molecule has 0 spiro atoms. The van der Waals surface area contributed by atoms with Crippen LogP contribution in [0, 0.1) is 0 Å². The van der Waals surface area contributed by atoms with E-state index in [1.165, 1.54) is 17.3 Å². The number of hydrogen-bond donors (Lipinski definition) is 1. The van der Waals surface area contributed by atoms with E-state index in [2.05, 4.69) is 39.1 Å². The fraction of sp³-hybridized carbons (Fsp3) is 0.438. The molecule has 1 amide bonds. The molecule has 0 saturated carbocycles. The Hall–Kier alpha value is -1.82. The van der Waals surface area contributed by atoms with Crippen molar-refractivity contribution in [3.63, 3.8) is 0 Å². The smallest absolute Gasteiger partial charge is 0.230 e. The molecule has 6 heteroatoms. The molecule has 0 aliphatic carbocycles. The number of nitrogens with zero attached hydrogens (tertiary/aromatic N) is 3. The number of rotatable bonds is 7. The van der Waals surface area contributed by atoms with Crippen molar-refractivity contribution >= 4 is 17.7 Å². The molecule has 0 aliphatic heterocycles. The van der Waals surface area contributed by atoms with Crippen LogP contribution in [0.2, 0.25) is 0 Å². The first-order valence-corrected chi connectivity index (χ1v) is 8.47. The molecule has 1 aromatic carbocycles. The standard InChI is InChI=1S/C16H22N4OS/c1-4-20-14(10-13-8-6-5-7-9-13)18-19-16(20)22-11-15(21)17-12(2)3/h5-9,12H,4,10-11H2,1-3H3,(H,17,21). The van der Waals surface area contributed by atoms with E-state index in [1.807, 2.05) is 32.0 Å². The molecule has 0 saturated heterocycles. The summed E-state index contributed by atoms with van der Waals surface area (Å²) < 4.78 is 2.07. The van der Waals surface area contributed by atoms with Gasteiger partial charge in [0.15, 0.2) is 5.16 Å². The SMILES string of the molecule is CCn1c(Cc2ccccc2)nnc1SCC(=O)NC(C)C. The number of carbonyl (C=O) groups excluding carboxylic acids is 1. The van der Waals surface area contributed by atoms with E-state index in [-0.39, 0.29) is 11.9 Å². The van der Waals surface area contributed by atoms with Gasteiger partial charge in [0.1, 0.15) is 5.82 Å². The summed E-state index contributed by atoms with van der Waals surface area (Å²) in [5.74, 6) is 1.32. The number of aromatic nitrogens is 3. The van der Waals surface area contributed by atoms with Gasteiger partial charge in [-0.1, -0.05) is 42.1 Å². The van der Waals surface area contributed by atoms with Gasteiger partial charge >= 0.3 is 0 Å². The summed E-state index contributed by atoms with van der Waals surface area (Å²) >= 11 is 1.43. The van der Waals surface area contributed by atoms with Crippen LogP contribution in [0.4, 0.5) is 0 Å². The third-order valence-corrected chi connectivity index (χ3v) is 4.06. The van der Waals surface area contributed by atoms with Crippen LogP contribution < -0.4 is 5.32 Å². The van der Waals surface area contributed by atoms with E-state index in [0.717, 1.165) is 23.9 Å². The summed E-state index contributed by atoms with van der Waals surface area (Å²) in [6.45, 7) is 6.77. The highest BCUT2D eigenvalue weighted by Crippen LogP contribution is 2.18. The van der Waals surface area contributed by atoms with Gasteiger partial charge in [0, 0.05) is 19.0 Å². The van der Waals surface area contributed by atoms with Crippen molar-refractivity contribution in [1.82, 2.24) is 20.1 Å². The van der Waals surface area contributed by atoms with Crippen molar-refractivity contribution < 1.29 is 4.79 Å². The van der Waals surface area contributed by atoms with Crippen LogP contribution in [-0.4, -0.2) is 32.5 Å². The quantitative estimate of drug-likeness (QED) is 0.797. The maximum atomic E-state index is 11.7. The average molecular weight is 318 g/mol. The predicted octanol–water partition coefficient (Wildman–Crippen LogP) is 2.51. The maximum Gasteiger partial charge on any atom is 0.230 e. The Morgan fingerprint density at radius 3 is 2.64 bits per heavy atom. The highest BCUT2D eigenvalue weighted by atomic mass is 32.2. The Kier molecular flexibility index (Phi) is 6.00. The summed E-state index contributed by atoms with van der Waals surface area (Å²) in [5, 5.41) is 12.2. The van der Waals surface area contributed by atoms with Gasteiger partial charge in [-0.05, 0) is 26.3 Å². The topological polar surface area (TPSA) is 59.8 Å². The van der Waals surface area contributed by atoms with Crippen LogP contribution in [0.25, 0.3) is 0 Å². The van der Waals surface area contributed by atoms with Crippen molar-refractivity contribution in [2.75, 3.05) is 5.75 Å². The highest BCUT2D eigenvalue weighted by Gasteiger charge is 2.13. The van der Waals surface area contributed by atoms with Crippen LogP contribution in [-0.2, 0) is 17.8 Å². The molecule has 1 heterocycles. The first kappa shape index (κ1) is 16.5. The van der Waals surface area contributed by atoms with Crippen LogP contribution in [0.15, 0.2) is 35.5 Å². The van der Waals surface area contributed by atoms with Crippen LogP contribution in [0.1, 0.15) is 32.2 Å². The minimum Gasteiger partial charge on any atom is -0.353 e. The zero-order valence-electron chi connectivity index (χ0n) is 13.2. The van der Waals surface area contributed by atoms with E-state index >= 15 is 0 Å². The summed E-state index contributed by atoms with van der Waals surface area (Å²) in [4.78, 5) is 11.7. The van der Waals surface area contributed by atoms with Crippen molar-refractivity contribution in [3.05, 3.63) is 41.7 Å². The zero-order chi connectivity index (χ0) is 15.9. The number of amides is 1. The van der Waals surface area contributed by atoms with Crippen molar-refractivity contribution in [2.24, 2.45) is 0 Å². The lowest BCUT2D eigenvalue weighted by Gasteiger charge is -2.09. The molecule has 0 bridgehead atoms. The van der Waals surface area contributed by atoms with Crippen molar-refractivity contribution in [2.45, 2.75) is 44.9 Å². The molecule has 1 N–H and O–H groups in total. The van der Waals surface area contributed by atoms with E-state index in [0.29, 0.717) is 5.75 Å². The van der Waals surface area contributed by atoms with Gasteiger partial charge < -0.3 is 9.88 Å². The molecule has 2 aromatic rings. The summed E-state index contributed by atoms with van der Waals surface area (Å²) in [7, 11) is 0. The summed E-state index contributed by atoms with van der Waals surface area (Å²) in [5.41, 5.74) is 1.21. The monoisotopic (exact) mass is 318 g/mol. The Morgan fingerprint density at radius 1 is 1.27 bits per heavy atom. The minimum atomic E-state index is 0.0234. The van der Waals surface area contributed by atoms with Crippen molar-refractivity contribution in [1.29, 1.82) is 0 Å². The van der Waals surface area contributed by atoms with Gasteiger partial charge in [-0.15, -0.1) is 10.2 Å². The number of benzene rings is 1. The van der Waals surface area contributed by atoms with Gasteiger partial charge in [-0.2, -0.15) is 0 Å². The number of nitrogens with one attached hydrogen (secondary N) is 1. The Bertz CT molecular complexity index is 610. The van der Waals surface area contributed by atoms with Gasteiger partial charge in [0.2, 0.25) is 5.91 Å². The second kappa shape index (κ2) is 7.98. The van der Waals surface area contributed by atoms with Crippen LogP contribution >= 0.6 is 11.8 Å². The Morgan fingerprint density at radius 2 is 2.00 bits per heavy atom. The first-order chi connectivity index (χ1) is 10.6. The summed E-state index contributed by atoms with van der Waals surface area (Å²) in [6.07, 6.45) is 0.750. The Labute approximate surface area is 135 Å².